The van der Waals surface area contributed by atoms with Crippen molar-refractivity contribution in [3.8, 4) is 5.75 Å². The monoisotopic (exact) mass is 470 g/mol. The van der Waals surface area contributed by atoms with Gasteiger partial charge in [-0.3, -0.25) is 4.99 Å². The quantitative estimate of drug-likeness (QED) is 0.634. The van der Waals surface area contributed by atoms with E-state index in [4.69, 9.17) is 20.2 Å². The van der Waals surface area contributed by atoms with E-state index in [0.717, 1.165) is 55.0 Å². The molecule has 0 amide bonds. The van der Waals surface area contributed by atoms with Crippen LogP contribution < -0.4 is 10.5 Å². The van der Waals surface area contributed by atoms with E-state index in [1.807, 2.05) is 12.1 Å². The molecular formula is C27H29F3N2O2. The van der Waals surface area contributed by atoms with Gasteiger partial charge in [-0.2, -0.15) is 13.2 Å². The summed E-state index contributed by atoms with van der Waals surface area (Å²) in [7, 11) is 1.72. The molecule has 3 aliphatic carbocycles. The molecule has 2 spiro atoms. The fourth-order valence-corrected chi connectivity index (χ4v) is 6.49. The smallest absolute Gasteiger partial charge is 0.416 e. The van der Waals surface area contributed by atoms with E-state index in [0.29, 0.717) is 29.5 Å². The van der Waals surface area contributed by atoms with Crippen molar-refractivity contribution in [2.75, 3.05) is 13.7 Å². The summed E-state index contributed by atoms with van der Waals surface area (Å²) in [5.74, 6) is 1.67. The van der Waals surface area contributed by atoms with Gasteiger partial charge in [0, 0.05) is 18.1 Å². The van der Waals surface area contributed by atoms with Gasteiger partial charge in [0.2, 0.25) is 0 Å². The standard InChI is InChI=1S/C27H29F3N2O2/c1-33-19-8-10-25(11-9-19)14-17-4-6-20(34-15-16-2-3-16)13-22(17)26(25)23-12-18(27(28,29)30)5-7-21(23)24(31)32-26/h4-7,12-13,16,19H,2-3,8-11,14-15H2,1H3,(H2,31,32). The summed E-state index contributed by atoms with van der Waals surface area (Å²) in [4.78, 5) is 5.06. The number of nitrogens with zero attached hydrogens (tertiary/aromatic N) is 1. The maximum atomic E-state index is 13.8. The van der Waals surface area contributed by atoms with E-state index in [1.54, 1.807) is 7.11 Å². The molecule has 4 nitrogen and oxygen atoms in total. The molecule has 4 aliphatic rings. The average Bonchev–Trinajstić information content (AvgIpc) is 3.56. The summed E-state index contributed by atoms with van der Waals surface area (Å²) >= 11 is 0. The van der Waals surface area contributed by atoms with Crippen LogP contribution in [0.1, 0.15) is 66.3 Å². The zero-order valence-corrected chi connectivity index (χ0v) is 19.3. The lowest BCUT2D eigenvalue weighted by molar-refractivity contribution is -0.137. The second kappa shape index (κ2) is 7.48. The number of hydrogen-bond donors (Lipinski definition) is 1. The maximum absolute atomic E-state index is 13.8. The van der Waals surface area contributed by atoms with Crippen LogP contribution in [0.15, 0.2) is 41.4 Å². The van der Waals surface area contributed by atoms with Crippen LogP contribution in [0.25, 0.3) is 0 Å². The van der Waals surface area contributed by atoms with Gasteiger partial charge in [-0.25, -0.2) is 0 Å². The molecule has 7 heteroatoms. The highest BCUT2D eigenvalue weighted by molar-refractivity contribution is 6.03. The fourth-order valence-electron chi connectivity index (χ4n) is 6.49. The van der Waals surface area contributed by atoms with Gasteiger partial charge in [-0.05, 0) is 91.8 Å². The van der Waals surface area contributed by atoms with Crippen LogP contribution in [-0.4, -0.2) is 25.7 Å². The Hall–Kier alpha value is -2.54. The van der Waals surface area contributed by atoms with Gasteiger partial charge in [-0.1, -0.05) is 12.1 Å². The van der Waals surface area contributed by atoms with Crippen LogP contribution in [0.2, 0.25) is 0 Å². The molecule has 2 N–H and O–H groups in total. The minimum atomic E-state index is -4.44. The van der Waals surface area contributed by atoms with Crippen molar-refractivity contribution < 1.29 is 22.6 Å². The molecule has 0 saturated heterocycles. The van der Waals surface area contributed by atoms with Crippen molar-refractivity contribution >= 4 is 5.84 Å². The summed E-state index contributed by atoms with van der Waals surface area (Å²) in [5.41, 5.74) is 7.72. The lowest BCUT2D eigenvalue weighted by Crippen LogP contribution is -2.45. The normalized spacial score (nSPS) is 29.9. The lowest BCUT2D eigenvalue weighted by Gasteiger charge is -2.47. The van der Waals surface area contributed by atoms with Crippen molar-refractivity contribution in [3.63, 3.8) is 0 Å². The topological polar surface area (TPSA) is 56.8 Å². The van der Waals surface area contributed by atoms with E-state index >= 15 is 0 Å². The Labute approximate surface area is 197 Å². The number of amidine groups is 1. The highest BCUT2D eigenvalue weighted by atomic mass is 19.4. The number of hydrogen-bond acceptors (Lipinski definition) is 4. The molecule has 34 heavy (non-hydrogen) atoms. The molecule has 0 aromatic heterocycles. The number of fused-ring (bicyclic) bond motifs is 5. The van der Waals surface area contributed by atoms with Gasteiger partial charge in [0.05, 0.1) is 18.3 Å². The lowest BCUT2D eigenvalue weighted by atomic mass is 9.59. The van der Waals surface area contributed by atoms with Gasteiger partial charge in [0.1, 0.15) is 17.1 Å². The summed E-state index contributed by atoms with van der Waals surface area (Å²) in [5, 5.41) is 0. The van der Waals surface area contributed by atoms with Crippen molar-refractivity contribution in [3.05, 3.63) is 64.2 Å². The molecule has 0 bridgehead atoms. The number of halogens is 3. The molecule has 2 saturated carbocycles. The summed E-state index contributed by atoms with van der Waals surface area (Å²) < 4.78 is 53.1. The number of benzene rings is 2. The van der Waals surface area contributed by atoms with Gasteiger partial charge < -0.3 is 15.2 Å². The van der Waals surface area contributed by atoms with E-state index in [2.05, 4.69) is 6.07 Å². The molecule has 0 radical (unpaired) electrons. The predicted molar refractivity (Wildman–Crippen MR) is 123 cm³/mol. The van der Waals surface area contributed by atoms with Gasteiger partial charge in [0.25, 0.3) is 0 Å². The molecule has 2 aromatic rings. The minimum Gasteiger partial charge on any atom is -0.493 e. The average molecular weight is 471 g/mol. The predicted octanol–water partition coefficient (Wildman–Crippen LogP) is 5.59. The fraction of sp³-hybridized carbons (Fsp3) is 0.519. The SMILES string of the molecule is COC1CCC2(CC1)Cc1ccc(OCC3CC3)cc1C21N=C(N)c2ccc(C(F)(F)F)cc21. The maximum Gasteiger partial charge on any atom is 0.416 e. The second-order valence-electron chi connectivity index (χ2n) is 10.4. The Bertz CT molecular complexity index is 1160. The third kappa shape index (κ3) is 3.19. The Kier molecular flexibility index (Phi) is 4.83. The second-order valence-corrected chi connectivity index (χ2v) is 10.4. The number of methoxy groups -OCH3 is 1. The Morgan fingerprint density at radius 1 is 1.03 bits per heavy atom. The van der Waals surface area contributed by atoms with Gasteiger partial charge >= 0.3 is 6.18 Å². The highest BCUT2D eigenvalue weighted by Crippen LogP contribution is 2.65. The molecule has 2 fully saturated rings. The zero-order chi connectivity index (χ0) is 23.7. The number of rotatable bonds is 4. The van der Waals surface area contributed by atoms with Crippen molar-refractivity contribution in [1.82, 2.24) is 0 Å². The van der Waals surface area contributed by atoms with Crippen LogP contribution in [0, 0.1) is 11.3 Å². The molecule has 180 valence electrons. The van der Waals surface area contributed by atoms with E-state index < -0.39 is 17.3 Å². The first-order valence-corrected chi connectivity index (χ1v) is 12.1. The van der Waals surface area contributed by atoms with Crippen LogP contribution in [-0.2, 0) is 22.9 Å². The molecule has 1 atom stereocenters. The summed E-state index contributed by atoms with van der Waals surface area (Å²) in [6.45, 7) is 0.673. The van der Waals surface area contributed by atoms with Gasteiger partial charge in [-0.15, -0.1) is 0 Å². The number of alkyl halides is 3. The molecule has 2 aromatic carbocycles. The number of ether oxygens (including phenoxy) is 2. The van der Waals surface area contributed by atoms with Crippen LogP contribution in [0.3, 0.4) is 0 Å². The van der Waals surface area contributed by atoms with E-state index in [-0.39, 0.29) is 11.5 Å². The largest absolute Gasteiger partial charge is 0.493 e. The van der Waals surface area contributed by atoms with E-state index in [1.165, 1.54) is 25.0 Å². The summed E-state index contributed by atoms with van der Waals surface area (Å²) in [6, 6.07) is 9.97. The molecule has 1 heterocycles. The van der Waals surface area contributed by atoms with Crippen molar-refractivity contribution in [2.45, 2.75) is 62.8 Å². The number of aliphatic imine (C=N–C) groups is 1. The third-order valence-corrected chi connectivity index (χ3v) is 8.47. The first-order valence-electron chi connectivity index (χ1n) is 12.1. The van der Waals surface area contributed by atoms with Crippen LogP contribution >= 0.6 is 0 Å². The van der Waals surface area contributed by atoms with Crippen molar-refractivity contribution in [2.24, 2.45) is 22.1 Å². The minimum absolute atomic E-state index is 0.160. The Morgan fingerprint density at radius 3 is 2.47 bits per heavy atom. The van der Waals surface area contributed by atoms with Gasteiger partial charge in [0.15, 0.2) is 0 Å². The zero-order valence-electron chi connectivity index (χ0n) is 19.3. The third-order valence-electron chi connectivity index (χ3n) is 8.47. The Balaban J connectivity index is 1.53. The van der Waals surface area contributed by atoms with E-state index in [9.17, 15) is 13.2 Å². The van der Waals surface area contributed by atoms with Crippen LogP contribution in [0.4, 0.5) is 13.2 Å². The van der Waals surface area contributed by atoms with Crippen molar-refractivity contribution in [1.29, 1.82) is 0 Å². The molecule has 6 rings (SSSR count). The number of nitrogens with two attached hydrogens (primary N) is 1. The highest BCUT2D eigenvalue weighted by Gasteiger charge is 2.62. The first kappa shape index (κ1) is 22.0. The first-order chi connectivity index (χ1) is 16.3. The Morgan fingerprint density at radius 2 is 1.79 bits per heavy atom. The molecule has 1 aliphatic heterocycles. The molecular weight excluding hydrogens is 441 g/mol. The summed E-state index contributed by atoms with van der Waals surface area (Å²) in [6.07, 6.45) is 2.17. The van der Waals surface area contributed by atoms with Crippen LogP contribution in [0.5, 0.6) is 5.75 Å². The molecule has 1 unspecified atom stereocenters.